The first-order valence-electron chi connectivity index (χ1n) is 10.6. The fourth-order valence-electron chi connectivity index (χ4n) is 3.49. The maximum atomic E-state index is 12.6. The number of aryl methyl sites for hydroxylation is 1. The van der Waals surface area contributed by atoms with E-state index in [1.165, 1.54) is 0 Å². The molecule has 0 spiro atoms. The molecule has 33 heavy (non-hydrogen) atoms. The van der Waals surface area contributed by atoms with Gasteiger partial charge in [-0.1, -0.05) is 32.4 Å². The van der Waals surface area contributed by atoms with Gasteiger partial charge in [-0.15, -0.1) is 23.7 Å². The van der Waals surface area contributed by atoms with Gasteiger partial charge in [0.05, 0.1) is 30.6 Å². The Labute approximate surface area is 211 Å². The highest BCUT2D eigenvalue weighted by Gasteiger charge is 2.22. The van der Waals surface area contributed by atoms with E-state index in [2.05, 4.69) is 11.8 Å². The van der Waals surface area contributed by atoms with E-state index >= 15 is 0 Å². The molecule has 2 aromatic carbocycles. The highest BCUT2D eigenvalue weighted by Crippen LogP contribution is 2.41. The molecule has 0 N–H and O–H groups in total. The zero-order valence-corrected chi connectivity index (χ0v) is 22.2. The van der Waals surface area contributed by atoms with Crippen molar-refractivity contribution in [2.45, 2.75) is 34.1 Å². The van der Waals surface area contributed by atoms with Crippen molar-refractivity contribution in [2.24, 2.45) is 5.92 Å². The van der Waals surface area contributed by atoms with E-state index in [-0.39, 0.29) is 24.1 Å². The zero-order chi connectivity index (χ0) is 23.4. The number of hydrogen-bond donors (Lipinski definition) is 0. The number of rotatable bonds is 9. The second-order valence-electron chi connectivity index (χ2n) is 7.80. The van der Waals surface area contributed by atoms with E-state index in [9.17, 15) is 4.79 Å². The summed E-state index contributed by atoms with van der Waals surface area (Å²) in [5, 5.41) is 1.42. The van der Waals surface area contributed by atoms with E-state index in [0.29, 0.717) is 22.1 Å². The Morgan fingerprint density at radius 2 is 1.88 bits per heavy atom. The topological polar surface area (TPSA) is 51.7 Å². The number of thiazole rings is 1. The molecule has 0 aliphatic heterocycles. The van der Waals surface area contributed by atoms with Crippen molar-refractivity contribution in [3.63, 3.8) is 0 Å². The molecule has 0 aliphatic rings. The molecule has 0 atom stereocenters. The van der Waals surface area contributed by atoms with Crippen LogP contribution in [-0.2, 0) is 0 Å². The molecular formula is C25H30Cl2N2O3S. The average molecular weight is 509 g/mol. The van der Waals surface area contributed by atoms with Crippen LogP contribution in [0.1, 0.15) is 42.4 Å². The van der Waals surface area contributed by atoms with E-state index < -0.39 is 0 Å². The van der Waals surface area contributed by atoms with Crippen molar-refractivity contribution in [1.29, 1.82) is 0 Å². The molecule has 0 bridgehead atoms. The first kappa shape index (κ1) is 27.0. The van der Waals surface area contributed by atoms with E-state index in [1.807, 2.05) is 51.1 Å². The molecule has 0 aliphatic carbocycles. The lowest BCUT2D eigenvalue weighted by atomic mass is 10.00. The maximum absolute atomic E-state index is 12.6. The van der Waals surface area contributed by atoms with E-state index in [0.717, 1.165) is 39.9 Å². The Morgan fingerprint density at radius 1 is 1.15 bits per heavy atom. The lowest BCUT2D eigenvalue weighted by Crippen LogP contribution is -2.19. The summed E-state index contributed by atoms with van der Waals surface area (Å²) in [6, 6.07) is 11.2. The number of Topliss-reactive ketones (excluding diaryl/α,β-unsaturated/α-hetero) is 1. The highest BCUT2D eigenvalue weighted by molar-refractivity contribution is 7.16. The number of carbonyl (C=O) groups is 1. The second kappa shape index (κ2) is 11.7. The van der Waals surface area contributed by atoms with Crippen LogP contribution >= 0.6 is 35.3 Å². The number of nitrogens with zero attached hydrogens (tertiary/aromatic N) is 2. The highest BCUT2D eigenvalue weighted by atomic mass is 35.5. The second-order valence-corrected chi connectivity index (χ2v) is 9.39. The summed E-state index contributed by atoms with van der Waals surface area (Å²) in [5.74, 6) is 1.43. The van der Waals surface area contributed by atoms with Crippen LogP contribution in [0.2, 0.25) is 5.02 Å². The van der Waals surface area contributed by atoms with Crippen LogP contribution in [0.5, 0.6) is 11.5 Å². The normalized spacial score (nSPS) is 10.7. The predicted octanol–water partition coefficient (Wildman–Crippen LogP) is 7.60. The summed E-state index contributed by atoms with van der Waals surface area (Å²) in [6.45, 7) is 8.70. The van der Waals surface area contributed by atoms with Gasteiger partial charge in [-0.05, 0) is 49.7 Å². The smallest absolute Gasteiger partial charge is 0.190 e. The Balaban J connectivity index is 0.00000385. The van der Waals surface area contributed by atoms with Gasteiger partial charge in [0.15, 0.2) is 10.9 Å². The van der Waals surface area contributed by atoms with E-state index in [4.69, 9.17) is 26.1 Å². The number of methoxy groups -OCH3 is 2. The summed E-state index contributed by atoms with van der Waals surface area (Å²) in [7, 11) is 3.26. The first-order valence-corrected chi connectivity index (χ1v) is 11.8. The lowest BCUT2D eigenvalue weighted by Gasteiger charge is -2.24. The number of hydrogen-bond acceptors (Lipinski definition) is 6. The predicted molar refractivity (Wildman–Crippen MR) is 141 cm³/mol. The molecule has 3 aromatic rings. The number of halogens is 2. The van der Waals surface area contributed by atoms with Crippen molar-refractivity contribution in [2.75, 3.05) is 25.7 Å². The van der Waals surface area contributed by atoms with Crippen LogP contribution < -0.4 is 14.4 Å². The number of ketones is 1. The summed E-state index contributed by atoms with van der Waals surface area (Å²) in [6.07, 6.45) is 0.906. The number of ether oxygens (including phenoxy) is 2. The molecule has 0 radical (unpaired) electrons. The van der Waals surface area contributed by atoms with Crippen LogP contribution in [0.3, 0.4) is 0 Å². The van der Waals surface area contributed by atoms with Gasteiger partial charge in [-0.3, -0.25) is 4.79 Å². The van der Waals surface area contributed by atoms with Crippen LogP contribution in [-0.4, -0.2) is 31.5 Å². The summed E-state index contributed by atoms with van der Waals surface area (Å²) in [4.78, 5) is 20.8. The fraction of sp³-hybridized carbons (Fsp3) is 0.360. The molecule has 178 valence electrons. The Morgan fingerprint density at radius 3 is 2.45 bits per heavy atom. The third kappa shape index (κ3) is 5.81. The Hall–Kier alpha value is -2.28. The molecular weight excluding hydrogens is 479 g/mol. The van der Waals surface area contributed by atoms with Crippen molar-refractivity contribution in [3.05, 3.63) is 51.9 Å². The molecule has 0 amide bonds. The first-order chi connectivity index (χ1) is 15.3. The fourth-order valence-corrected chi connectivity index (χ4v) is 4.72. The van der Waals surface area contributed by atoms with Crippen molar-refractivity contribution in [1.82, 2.24) is 4.98 Å². The molecule has 3 rings (SSSR count). The minimum atomic E-state index is -0.0817. The minimum absolute atomic E-state index is 0. The largest absolute Gasteiger partial charge is 0.497 e. The van der Waals surface area contributed by atoms with Gasteiger partial charge in [0.1, 0.15) is 11.5 Å². The number of benzene rings is 2. The molecule has 5 nitrogen and oxygen atoms in total. The maximum Gasteiger partial charge on any atom is 0.190 e. The average Bonchev–Trinajstić information content (AvgIpc) is 3.17. The number of aromatic nitrogens is 1. The van der Waals surface area contributed by atoms with Gasteiger partial charge >= 0.3 is 0 Å². The quantitative estimate of drug-likeness (QED) is 0.278. The molecule has 0 fully saturated rings. The summed E-state index contributed by atoms with van der Waals surface area (Å²) < 4.78 is 10.9. The van der Waals surface area contributed by atoms with Gasteiger partial charge in [0, 0.05) is 28.5 Å². The Kier molecular flexibility index (Phi) is 9.58. The summed E-state index contributed by atoms with van der Waals surface area (Å²) in [5.41, 5.74) is 3.21. The molecule has 1 aromatic heterocycles. The van der Waals surface area contributed by atoms with Gasteiger partial charge in [0.2, 0.25) is 0 Å². The number of carbonyl (C=O) groups excluding carboxylic acids is 1. The lowest BCUT2D eigenvalue weighted by molar-refractivity contribution is 0.0939. The van der Waals surface area contributed by atoms with Gasteiger partial charge < -0.3 is 14.4 Å². The number of anilines is 2. The van der Waals surface area contributed by atoms with Crippen LogP contribution in [0, 0.1) is 12.8 Å². The standard InChI is InChI=1S/C25H29ClN2O3S.ClH/c1-7-12-28(21-13-17(24(29)15(2)3)8-11-22(21)31-6)25-27-23(16(4)32-25)19-10-9-18(30-5)14-20(19)26;/h8-11,13-15H,7,12H2,1-6H3;1H. The third-order valence-corrected chi connectivity index (χ3v) is 6.48. The zero-order valence-electron chi connectivity index (χ0n) is 19.8. The molecule has 0 unspecified atom stereocenters. The third-order valence-electron chi connectivity index (χ3n) is 5.17. The van der Waals surface area contributed by atoms with Crippen molar-refractivity contribution >= 4 is 51.9 Å². The Bertz CT molecular complexity index is 1120. The van der Waals surface area contributed by atoms with Crippen LogP contribution in [0.15, 0.2) is 36.4 Å². The summed E-state index contributed by atoms with van der Waals surface area (Å²) >= 11 is 8.12. The molecule has 0 saturated heterocycles. The van der Waals surface area contributed by atoms with Crippen molar-refractivity contribution in [3.8, 4) is 22.8 Å². The minimum Gasteiger partial charge on any atom is -0.497 e. The molecule has 8 heteroatoms. The van der Waals surface area contributed by atoms with Crippen molar-refractivity contribution < 1.29 is 14.3 Å². The van der Waals surface area contributed by atoms with Gasteiger partial charge in [0.25, 0.3) is 0 Å². The SMILES string of the molecule is CCCN(c1nc(-c2ccc(OC)cc2Cl)c(C)s1)c1cc(C(=O)C(C)C)ccc1OC.Cl. The monoisotopic (exact) mass is 508 g/mol. The molecule has 1 heterocycles. The van der Waals surface area contributed by atoms with Gasteiger partial charge in [-0.2, -0.15) is 0 Å². The van der Waals surface area contributed by atoms with Crippen LogP contribution in [0.25, 0.3) is 11.3 Å². The van der Waals surface area contributed by atoms with E-state index in [1.54, 1.807) is 31.6 Å². The van der Waals surface area contributed by atoms with Gasteiger partial charge in [-0.25, -0.2) is 4.98 Å². The molecule has 0 saturated carbocycles. The van der Waals surface area contributed by atoms with Crippen LogP contribution in [0.4, 0.5) is 10.8 Å².